The van der Waals surface area contributed by atoms with Crippen LogP contribution in [-0.2, 0) is 17.8 Å². The minimum Gasteiger partial charge on any atom is -0.466 e. The second kappa shape index (κ2) is 8.77. The molecule has 0 aliphatic heterocycles. The van der Waals surface area contributed by atoms with Gasteiger partial charge in [-0.1, -0.05) is 0 Å². The highest BCUT2D eigenvalue weighted by molar-refractivity contribution is 5.94. The Balaban J connectivity index is 2.02. The number of hydrogen-bond acceptors (Lipinski definition) is 5. The Morgan fingerprint density at radius 3 is 2.54 bits per heavy atom. The summed E-state index contributed by atoms with van der Waals surface area (Å²) in [5, 5.41) is 2.55. The molecule has 2 aromatic rings. The van der Waals surface area contributed by atoms with Gasteiger partial charge in [-0.05, 0) is 37.6 Å². The number of rotatable bonds is 7. The Bertz CT molecular complexity index is 885. The normalized spacial score (nSPS) is 11.2. The van der Waals surface area contributed by atoms with Crippen LogP contribution in [0.4, 0.5) is 17.6 Å². The molecule has 10 heteroatoms. The van der Waals surface area contributed by atoms with E-state index < -0.39 is 30.4 Å². The van der Waals surface area contributed by atoms with Crippen molar-refractivity contribution in [3.8, 4) is 5.88 Å². The van der Waals surface area contributed by atoms with Gasteiger partial charge in [0.15, 0.2) is 12.4 Å². The molecule has 1 N–H and O–H groups in total. The number of aromatic nitrogens is 2. The second-order valence-electron chi connectivity index (χ2n) is 6.08. The van der Waals surface area contributed by atoms with E-state index in [0.717, 1.165) is 12.3 Å². The average molecular weight is 399 g/mol. The fourth-order valence-electron chi connectivity index (χ4n) is 2.32. The van der Waals surface area contributed by atoms with Crippen molar-refractivity contribution in [3.05, 3.63) is 52.7 Å². The van der Waals surface area contributed by atoms with Crippen molar-refractivity contribution < 1.29 is 31.9 Å². The van der Waals surface area contributed by atoms with Crippen molar-refractivity contribution in [3.63, 3.8) is 0 Å². The van der Waals surface area contributed by atoms with E-state index >= 15 is 0 Å². The van der Waals surface area contributed by atoms with E-state index in [1.54, 1.807) is 6.92 Å². The van der Waals surface area contributed by atoms with Crippen LogP contribution in [0.15, 0.2) is 24.4 Å². The zero-order valence-electron chi connectivity index (χ0n) is 15.1. The van der Waals surface area contributed by atoms with Crippen LogP contribution in [0.2, 0.25) is 0 Å². The SMILES string of the molecule is CC(=O)Cc1cc(C(=O)NCc2cnc(OCC(F)(F)F)c(F)c2)cc(C)n1. The van der Waals surface area contributed by atoms with Crippen molar-refractivity contribution >= 4 is 11.7 Å². The molecule has 0 atom stereocenters. The molecule has 2 heterocycles. The van der Waals surface area contributed by atoms with E-state index in [1.165, 1.54) is 19.1 Å². The summed E-state index contributed by atoms with van der Waals surface area (Å²) >= 11 is 0. The Kier molecular flexibility index (Phi) is 6.66. The fourth-order valence-corrected chi connectivity index (χ4v) is 2.32. The van der Waals surface area contributed by atoms with Gasteiger partial charge in [-0.25, -0.2) is 9.37 Å². The van der Waals surface area contributed by atoms with Crippen LogP contribution in [0, 0.1) is 12.7 Å². The highest BCUT2D eigenvalue weighted by Gasteiger charge is 2.29. The molecular weight excluding hydrogens is 382 g/mol. The summed E-state index contributed by atoms with van der Waals surface area (Å²) in [5.74, 6) is -2.42. The Morgan fingerprint density at radius 2 is 1.93 bits per heavy atom. The third-order valence-corrected chi connectivity index (χ3v) is 3.39. The van der Waals surface area contributed by atoms with Gasteiger partial charge < -0.3 is 10.1 Å². The number of halogens is 4. The summed E-state index contributed by atoms with van der Waals surface area (Å²) in [6.45, 7) is 1.33. The zero-order valence-corrected chi connectivity index (χ0v) is 15.1. The lowest BCUT2D eigenvalue weighted by molar-refractivity contribution is -0.154. The maximum atomic E-state index is 13.8. The van der Waals surface area contributed by atoms with Crippen LogP contribution in [0.5, 0.6) is 5.88 Å². The van der Waals surface area contributed by atoms with Gasteiger partial charge in [0.05, 0.1) is 0 Å². The van der Waals surface area contributed by atoms with Crippen LogP contribution in [0.1, 0.15) is 34.2 Å². The molecule has 0 saturated carbocycles. The molecule has 0 saturated heterocycles. The van der Waals surface area contributed by atoms with Gasteiger partial charge in [-0.2, -0.15) is 13.2 Å². The minimum atomic E-state index is -4.61. The third kappa shape index (κ3) is 6.60. The number of carbonyl (C=O) groups is 2. The number of nitrogens with one attached hydrogen (secondary N) is 1. The predicted octanol–water partition coefficient (Wildman–Crippen LogP) is 2.93. The van der Waals surface area contributed by atoms with Crippen molar-refractivity contribution in [2.24, 2.45) is 0 Å². The number of Topliss-reactive ketones (excluding diaryl/α,β-unsaturated/α-hetero) is 1. The van der Waals surface area contributed by atoms with E-state index in [2.05, 4.69) is 20.0 Å². The maximum absolute atomic E-state index is 13.8. The van der Waals surface area contributed by atoms with Gasteiger partial charge in [0.1, 0.15) is 5.78 Å². The van der Waals surface area contributed by atoms with Crippen LogP contribution in [0.3, 0.4) is 0 Å². The average Bonchev–Trinajstić information content (AvgIpc) is 2.56. The molecular formula is C18H17F4N3O3. The highest BCUT2D eigenvalue weighted by atomic mass is 19.4. The van der Waals surface area contributed by atoms with Gasteiger partial charge in [0.2, 0.25) is 0 Å². The number of ether oxygens (including phenoxy) is 1. The van der Waals surface area contributed by atoms with Crippen molar-refractivity contribution in [2.45, 2.75) is 33.0 Å². The van der Waals surface area contributed by atoms with Crippen molar-refractivity contribution in [1.82, 2.24) is 15.3 Å². The first-order chi connectivity index (χ1) is 13.0. The zero-order chi connectivity index (χ0) is 20.9. The Labute approximate surface area is 157 Å². The summed E-state index contributed by atoms with van der Waals surface area (Å²) in [5.41, 5.74) is 1.53. The summed E-state index contributed by atoms with van der Waals surface area (Å²) < 4.78 is 54.4. The molecule has 2 rings (SSSR count). The second-order valence-corrected chi connectivity index (χ2v) is 6.08. The predicted molar refractivity (Wildman–Crippen MR) is 90.3 cm³/mol. The van der Waals surface area contributed by atoms with E-state index in [9.17, 15) is 27.2 Å². The lowest BCUT2D eigenvalue weighted by Crippen LogP contribution is -2.24. The lowest BCUT2D eigenvalue weighted by Gasteiger charge is -2.10. The van der Waals surface area contributed by atoms with E-state index in [-0.39, 0.29) is 29.9 Å². The maximum Gasteiger partial charge on any atom is 0.422 e. The van der Waals surface area contributed by atoms with Gasteiger partial charge in [0.25, 0.3) is 11.8 Å². The van der Waals surface area contributed by atoms with Crippen molar-refractivity contribution in [1.29, 1.82) is 0 Å². The molecule has 6 nitrogen and oxygen atoms in total. The number of aryl methyl sites for hydroxylation is 1. The largest absolute Gasteiger partial charge is 0.466 e. The van der Waals surface area contributed by atoms with Crippen LogP contribution < -0.4 is 10.1 Å². The number of alkyl halides is 3. The van der Waals surface area contributed by atoms with E-state index in [0.29, 0.717) is 11.4 Å². The quantitative estimate of drug-likeness (QED) is 0.724. The standard InChI is InChI=1S/C18H17F4N3O3/c1-10-3-13(6-14(25-10)4-11(2)26)16(27)23-7-12-5-15(19)17(24-8-12)28-9-18(20,21)22/h3,5-6,8H,4,7,9H2,1-2H3,(H,23,27). The number of carbonyl (C=O) groups excluding carboxylic acids is 2. The topological polar surface area (TPSA) is 81.2 Å². The van der Waals surface area contributed by atoms with Gasteiger partial charge in [-0.15, -0.1) is 0 Å². The molecule has 0 aromatic carbocycles. The number of nitrogens with zero attached hydrogens (tertiary/aromatic N) is 2. The van der Waals surface area contributed by atoms with Crippen LogP contribution >= 0.6 is 0 Å². The van der Waals surface area contributed by atoms with E-state index in [4.69, 9.17) is 0 Å². The molecule has 0 unspecified atom stereocenters. The monoisotopic (exact) mass is 399 g/mol. The number of ketones is 1. The molecule has 150 valence electrons. The summed E-state index contributed by atoms with van der Waals surface area (Å²) in [4.78, 5) is 31.2. The molecule has 0 spiro atoms. The number of amides is 1. The molecule has 0 aliphatic carbocycles. The minimum absolute atomic E-state index is 0.0937. The lowest BCUT2D eigenvalue weighted by atomic mass is 10.1. The van der Waals surface area contributed by atoms with Gasteiger partial charge >= 0.3 is 6.18 Å². The molecule has 0 fully saturated rings. The first-order valence-corrected chi connectivity index (χ1v) is 8.12. The summed E-state index contributed by atoms with van der Waals surface area (Å²) in [6.07, 6.45) is -3.41. The fraction of sp³-hybridized carbons (Fsp3) is 0.333. The molecule has 28 heavy (non-hydrogen) atoms. The molecule has 1 amide bonds. The van der Waals surface area contributed by atoms with Crippen LogP contribution in [0.25, 0.3) is 0 Å². The molecule has 0 bridgehead atoms. The molecule has 0 radical (unpaired) electrons. The highest BCUT2D eigenvalue weighted by Crippen LogP contribution is 2.20. The smallest absolute Gasteiger partial charge is 0.422 e. The summed E-state index contributed by atoms with van der Waals surface area (Å²) in [6, 6.07) is 3.94. The van der Waals surface area contributed by atoms with E-state index in [1.807, 2.05) is 0 Å². The third-order valence-electron chi connectivity index (χ3n) is 3.39. The Hall–Kier alpha value is -3.04. The van der Waals surface area contributed by atoms with Crippen LogP contribution in [-0.4, -0.2) is 34.4 Å². The molecule has 2 aromatic heterocycles. The first-order valence-electron chi connectivity index (χ1n) is 8.12. The van der Waals surface area contributed by atoms with Crippen molar-refractivity contribution in [2.75, 3.05) is 6.61 Å². The number of hydrogen-bond donors (Lipinski definition) is 1. The summed E-state index contributed by atoms with van der Waals surface area (Å²) in [7, 11) is 0. The first kappa shape index (κ1) is 21.3. The van der Waals surface area contributed by atoms with Gasteiger partial charge in [-0.3, -0.25) is 14.6 Å². The Morgan fingerprint density at radius 1 is 1.21 bits per heavy atom. The molecule has 0 aliphatic rings. The van der Waals surface area contributed by atoms with Gasteiger partial charge in [0, 0.05) is 36.1 Å². The number of pyridine rings is 2.